The van der Waals surface area contributed by atoms with Crippen LogP contribution >= 0.6 is 0 Å². The fourth-order valence-corrected chi connectivity index (χ4v) is 1.55. The first-order valence-corrected chi connectivity index (χ1v) is 5.53. The van der Waals surface area contributed by atoms with Crippen molar-refractivity contribution in [2.45, 2.75) is 13.3 Å². The van der Waals surface area contributed by atoms with Crippen molar-refractivity contribution in [1.29, 1.82) is 0 Å². The maximum Gasteiger partial charge on any atom is 0.165 e. The van der Waals surface area contributed by atoms with Gasteiger partial charge >= 0.3 is 0 Å². The molecule has 1 heterocycles. The van der Waals surface area contributed by atoms with Crippen LogP contribution in [0, 0.1) is 12.7 Å². The number of benzene rings is 1. The van der Waals surface area contributed by atoms with Gasteiger partial charge in [0.25, 0.3) is 0 Å². The molecule has 2 aromatic rings. The first kappa shape index (κ1) is 11.6. The number of hydrogen-bond acceptors (Lipinski definition) is 2. The molecular formula is C14H14FNO. The van der Waals surface area contributed by atoms with E-state index >= 15 is 0 Å². The highest BCUT2D eigenvalue weighted by molar-refractivity contribution is 5.29. The van der Waals surface area contributed by atoms with Crippen molar-refractivity contribution in [2.24, 2.45) is 0 Å². The summed E-state index contributed by atoms with van der Waals surface area (Å²) in [5, 5.41) is 0. The summed E-state index contributed by atoms with van der Waals surface area (Å²) in [5.41, 5.74) is 2.12. The SMILES string of the molecule is Cc1ccc(F)c(OCCc2ccncc2)c1. The van der Waals surface area contributed by atoms with Crippen molar-refractivity contribution in [3.63, 3.8) is 0 Å². The minimum atomic E-state index is -0.315. The molecule has 0 spiro atoms. The van der Waals surface area contributed by atoms with Crippen molar-refractivity contribution in [1.82, 2.24) is 4.98 Å². The predicted molar refractivity (Wildman–Crippen MR) is 64.6 cm³/mol. The van der Waals surface area contributed by atoms with Crippen LogP contribution in [0.3, 0.4) is 0 Å². The van der Waals surface area contributed by atoms with Crippen LogP contribution in [0.25, 0.3) is 0 Å². The highest BCUT2D eigenvalue weighted by atomic mass is 19.1. The number of ether oxygens (including phenoxy) is 1. The second kappa shape index (κ2) is 5.43. The van der Waals surface area contributed by atoms with Gasteiger partial charge in [0.1, 0.15) is 0 Å². The van der Waals surface area contributed by atoms with E-state index in [9.17, 15) is 4.39 Å². The molecule has 2 rings (SSSR count). The van der Waals surface area contributed by atoms with Gasteiger partial charge in [-0.15, -0.1) is 0 Å². The molecule has 88 valence electrons. The Kier molecular flexibility index (Phi) is 3.70. The topological polar surface area (TPSA) is 22.1 Å². The molecule has 0 amide bonds. The van der Waals surface area contributed by atoms with E-state index in [1.807, 2.05) is 19.1 Å². The van der Waals surface area contributed by atoms with Crippen molar-refractivity contribution in [3.8, 4) is 5.75 Å². The molecule has 0 bridgehead atoms. The predicted octanol–water partition coefficient (Wildman–Crippen LogP) is 3.15. The number of hydrogen-bond donors (Lipinski definition) is 0. The van der Waals surface area contributed by atoms with Crippen LogP contribution < -0.4 is 4.74 Å². The summed E-state index contributed by atoms with van der Waals surface area (Å²) in [7, 11) is 0. The van der Waals surface area contributed by atoms with E-state index < -0.39 is 0 Å². The molecule has 0 saturated heterocycles. The number of nitrogens with zero attached hydrogens (tertiary/aromatic N) is 1. The molecule has 0 aliphatic heterocycles. The summed E-state index contributed by atoms with van der Waals surface area (Å²) in [6.07, 6.45) is 4.22. The zero-order chi connectivity index (χ0) is 12.1. The average Bonchev–Trinajstić information content (AvgIpc) is 2.35. The van der Waals surface area contributed by atoms with E-state index in [0.717, 1.165) is 17.5 Å². The molecule has 2 nitrogen and oxygen atoms in total. The van der Waals surface area contributed by atoms with Crippen LogP contribution in [0.2, 0.25) is 0 Å². The third kappa shape index (κ3) is 3.28. The third-order valence-corrected chi connectivity index (χ3v) is 2.48. The highest BCUT2D eigenvalue weighted by Crippen LogP contribution is 2.18. The maximum absolute atomic E-state index is 13.4. The molecular weight excluding hydrogens is 217 g/mol. The lowest BCUT2D eigenvalue weighted by Crippen LogP contribution is -2.03. The van der Waals surface area contributed by atoms with Gasteiger partial charge in [0.15, 0.2) is 11.6 Å². The molecule has 0 unspecified atom stereocenters. The molecule has 0 atom stereocenters. The van der Waals surface area contributed by atoms with Gasteiger partial charge in [-0.05, 0) is 42.3 Å². The van der Waals surface area contributed by atoms with Crippen LogP contribution in [0.5, 0.6) is 5.75 Å². The minimum Gasteiger partial charge on any atom is -0.490 e. The molecule has 0 radical (unpaired) electrons. The van der Waals surface area contributed by atoms with Gasteiger partial charge in [-0.2, -0.15) is 0 Å². The van der Waals surface area contributed by atoms with E-state index in [-0.39, 0.29) is 5.82 Å². The normalized spacial score (nSPS) is 10.2. The van der Waals surface area contributed by atoms with Crippen LogP contribution in [0.4, 0.5) is 4.39 Å². The number of aryl methyl sites for hydroxylation is 1. The monoisotopic (exact) mass is 231 g/mol. The van der Waals surface area contributed by atoms with E-state index in [1.165, 1.54) is 6.07 Å². The van der Waals surface area contributed by atoms with Gasteiger partial charge in [-0.3, -0.25) is 4.98 Å². The van der Waals surface area contributed by atoms with E-state index in [0.29, 0.717) is 12.4 Å². The zero-order valence-corrected chi connectivity index (χ0v) is 9.69. The Morgan fingerprint density at radius 3 is 2.71 bits per heavy atom. The molecule has 0 saturated carbocycles. The highest BCUT2D eigenvalue weighted by Gasteiger charge is 2.03. The smallest absolute Gasteiger partial charge is 0.165 e. The zero-order valence-electron chi connectivity index (χ0n) is 9.69. The van der Waals surface area contributed by atoms with E-state index in [2.05, 4.69) is 4.98 Å². The number of halogens is 1. The fourth-order valence-electron chi connectivity index (χ4n) is 1.55. The average molecular weight is 231 g/mol. The summed E-state index contributed by atoms with van der Waals surface area (Å²) in [4.78, 5) is 3.94. The molecule has 1 aromatic carbocycles. The lowest BCUT2D eigenvalue weighted by molar-refractivity contribution is 0.305. The second-order valence-electron chi connectivity index (χ2n) is 3.89. The Labute approximate surface area is 100 Å². The molecule has 0 fully saturated rings. The molecule has 1 aromatic heterocycles. The van der Waals surface area contributed by atoms with Crippen molar-refractivity contribution >= 4 is 0 Å². The Balaban J connectivity index is 1.92. The first-order valence-electron chi connectivity index (χ1n) is 5.53. The number of rotatable bonds is 4. The van der Waals surface area contributed by atoms with Crippen molar-refractivity contribution in [3.05, 3.63) is 59.7 Å². The lowest BCUT2D eigenvalue weighted by Gasteiger charge is -2.07. The Morgan fingerprint density at radius 2 is 1.94 bits per heavy atom. The molecule has 0 N–H and O–H groups in total. The van der Waals surface area contributed by atoms with Gasteiger partial charge in [0.05, 0.1) is 6.61 Å². The van der Waals surface area contributed by atoms with Gasteiger partial charge < -0.3 is 4.74 Å². The minimum absolute atomic E-state index is 0.315. The standard InChI is InChI=1S/C14H14FNO/c1-11-2-3-13(15)14(10-11)17-9-6-12-4-7-16-8-5-12/h2-5,7-8,10H,6,9H2,1H3. The van der Waals surface area contributed by atoms with Crippen molar-refractivity contribution < 1.29 is 9.13 Å². The summed E-state index contributed by atoms with van der Waals surface area (Å²) in [6, 6.07) is 8.72. The molecule has 17 heavy (non-hydrogen) atoms. The lowest BCUT2D eigenvalue weighted by atomic mass is 10.2. The maximum atomic E-state index is 13.4. The quantitative estimate of drug-likeness (QED) is 0.806. The van der Waals surface area contributed by atoms with Gasteiger partial charge in [-0.1, -0.05) is 6.07 Å². The number of aromatic nitrogens is 1. The fraction of sp³-hybridized carbons (Fsp3) is 0.214. The Morgan fingerprint density at radius 1 is 1.18 bits per heavy atom. The Hall–Kier alpha value is -1.90. The first-order chi connectivity index (χ1) is 8.25. The van der Waals surface area contributed by atoms with E-state index in [1.54, 1.807) is 24.5 Å². The second-order valence-corrected chi connectivity index (χ2v) is 3.89. The molecule has 3 heteroatoms. The van der Waals surface area contributed by atoms with E-state index in [4.69, 9.17) is 4.74 Å². The summed E-state index contributed by atoms with van der Waals surface area (Å²) < 4.78 is 18.8. The summed E-state index contributed by atoms with van der Waals surface area (Å²) >= 11 is 0. The third-order valence-electron chi connectivity index (χ3n) is 2.48. The largest absolute Gasteiger partial charge is 0.490 e. The van der Waals surface area contributed by atoms with Gasteiger partial charge in [-0.25, -0.2) is 4.39 Å². The van der Waals surface area contributed by atoms with Crippen LogP contribution in [0.15, 0.2) is 42.7 Å². The van der Waals surface area contributed by atoms with Crippen molar-refractivity contribution in [2.75, 3.05) is 6.61 Å². The van der Waals surface area contributed by atoms with Crippen LogP contribution in [-0.4, -0.2) is 11.6 Å². The van der Waals surface area contributed by atoms with Crippen LogP contribution in [-0.2, 0) is 6.42 Å². The molecule has 0 aliphatic rings. The summed E-state index contributed by atoms with van der Waals surface area (Å²) in [6.45, 7) is 2.37. The Bertz CT molecular complexity index is 485. The van der Waals surface area contributed by atoms with Gasteiger partial charge in [0.2, 0.25) is 0 Å². The summed E-state index contributed by atoms with van der Waals surface area (Å²) in [5.74, 6) is 0.00406. The molecule has 0 aliphatic carbocycles. The van der Waals surface area contributed by atoms with Gasteiger partial charge in [0, 0.05) is 18.8 Å². The van der Waals surface area contributed by atoms with Crippen LogP contribution in [0.1, 0.15) is 11.1 Å². The number of pyridine rings is 1.